The maximum Gasteiger partial charge on any atom is 0.289 e. The zero-order chi connectivity index (χ0) is 20.1. The smallest absolute Gasteiger partial charge is 0.289 e. The van der Waals surface area contributed by atoms with Crippen molar-refractivity contribution in [1.82, 2.24) is 14.8 Å². The number of piperazine rings is 1. The molecule has 3 heterocycles. The summed E-state index contributed by atoms with van der Waals surface area (Å²) in [6.45, 7) is 2.61. The summed E-state index contributed by atoms with van der Waals surface area (Å²) < 4.78 is 5.17. The van der Waals surface area contributed by atoms with Gasteiger partial charge in [-0.25, -0.2) is 4.98 Å². The van der Waals surface area contributed by atoms with Crippen molar-refractivity contribution in [3.8, 4) is 0 Å². The molecule has 0 radical (unpaired) electrons. The van der Waals surface area contributed by atoms with Crippen molar-refractivity contribution < 1.29 is 14.0 Å². The zero-order valence-corrected chi connectivity index (χ0v) is 16.0. The van der Waals surface area contributed by atoms with E-state index in [4.69, 9.17) is 4.42 Å². The highest BCUT2D eigenvalue weighted by molar-refractivity contribution is 5.95. The van der Waals surface area contributed by atoms with Crippen molar-refractivity contribution in [2.75, 3.05) is 31.5 Å². The van der Waals surface area contributed by atoms with Crippen molar-refractivity contribution in [2.24, 2.45) is 0 Å². The number of carbonyl (C=O) groups excluding carboxylic acids is 2. The number of rotatable bonds is 5. The number of nitrogens with one attached hydrogen (secondary N) is 1. The highest BCUT2D eigenvalue weighted by Gasteiger charge is 2.26. The molecule has 1 fully saturated rings. The monoisotopic (exact) mass is 390 g/mol. The van der Waals surface area contributed by atoms with E-state index >= 15 is 0 Å². The third-order valence-corrected chi connectivity index (χ3v) is 4.91. The number of anilines is 1. The van der Waals surface area contributed by atoms with Gasteiger partial charge in [0.2, 0.25) is 0 Å². The molecule has 2 aromatic heterocycles. The highest BCUT2D eigenvalue weighted by atomic mass is 16.3. The van der Waals surface area contributed by atoms with Crippen LogP contribution in [0.2, 0.25) is 0 Å². The van der Waals surface area contributed by atoms with E-state index in [-0.39, 0.29) is 11.8 Å². The van der Waals surface area contributed by atoms with Gasteiger partial charge in [-0.1, -0.05) is 30.3 Å². The minimum absolute atomic E-state index is 0.0720. The fraction of sp³-hybridized carbons (Fsp3) is 0.227. The summed E-state index contributed by atoms with van der Waals surface area (Å²) in [7, 11) is 0. The molecule has 3 aromatic rings. The molecule has 1 N–H and O–H groups in total. The molecule has 29 heavy (non-hydrogen) atoms. The molecule has 0 unspecified atom stereocenters. The lowest BCUT2D eigenvalue weighted by Crippen LogP contribution is -2.50. The standard InChI is InChI=1S/C22H22N4O3/c27-21(25-10-12-26(13-11-25)22(28)19-7-4-14-29-19)18-8-9-20(24-16-18)23-15-17-5-2-1-3-6-17/h1-9,14,16H,10-13,15H2,(H,23,24). The molecule has 1 aromatic carbocycles. The second kappa shape index (κ2) is 8.60. The van der Waals surface area contributed by atoms with Crippen LogP contribution in [-0.4, -0.2) is 52.8 Å². The Kier molecular flexibility index (Phi) is 5.56. The molecule has 1 aliphatic heterocycles. The Morgan fingerprint density at radius 1 is 0.897 bits per heavy atom. The van der Waals surface area contributed by atoms with Crippen LogP contribution in [0.1, 0.15) is 26.5 Å². The van der Waals surface area contributed by atoms with E-state index in [1.165, 1.54) is 6.26 Å². The Balaban J connectivity index is 1.30. The fourth-order valence-electron chi connectivity index (χ4n) is 3.26. The molecule has 0 aliphatic carbocycles. The predicted octanol–water partition coefficient (Wildman–Crippen LogP) is 2.88. The third-order valence-electron chi connectivity index (χ3n) is 4.91. The minimum Gasteiger partial charge on any atom is -0.459 e. The van der Waals surface area contributed by atoms with Gasteiger partial charge < -0.3 is 19.5 Å². The number of nitrogens with zero attached hydrogens (tertiary/aromatic N) is 3. The van der Waals surface area contributed by atoms with Gasteiger partial charge in [0.05, 0.1) is 11.8 Å². The molecule has 4 rings (SSSR count). The maximum absolute atomic E-state index is 12.7. The Labute approximate surface area is 169 Å². The summed E-state index contributed by atoms with van der Waals surface area (Å²) in [4.78, 5) is 32.9. The van der Waals surface area contributed by atoms with E-state index < -0.39 is 0 Å². The van der Waals surface area contributed by atoms with Gasteiger partial charge in [0.25, 0.3) is 11.8 Å². The average Bonchev–Trinajstić information content (AvgIpc) is 3.33. The van der Waals surface area contributed by atoms with Gasteiger partial charge >= 0.3 is 0 Å². The summed E-state index contributed by atoms with van der Waals surface area (Å²) in [5, 5.41) is 3.25. The first-order valence-corrected chi connectivity index (χ1v) is 9.56. The number of hydrogen-bond acceptors (Lipinski definition) is 5. The molecule has 0 atom stereocenters. The fourth-order valence-corrected chi connectivity index (χ4v) is 3.26. The SMILES string of the molecule is O=C(c1ccc(NCc2ccccc2)nc1)N1CCN(C(=O)c2ccco2)CC1. The van der Waals surface area contributed by atoms with Crippen LogP contribution in [0.4, 0.5) is 5.82 Å². The number of pyridine rings is 1. The molecule has 0 bridgehead atoms. The van der Waals surface area contributed by atoms with Gasteiger partial charge in [-0.3, -0.25) is 9.59 Å². The van der Waals surface area contributed by atoms with Crippen molar-refractivity contribution >= 4 is 17.6 Å². The first-order chi connectivity index (χ1) is 14.2. The van der Waals surface area contributed by atoms with E-state index in [0.717, 1.165) is 11.4 Å². The molecule has 1 saturated heterocycles. The summed E-state index contributed by atoms with van der Waals surface area (Å²) in [6.07, 6.45) is 3.08. The Bertz CT molecular complexity index is 947. The first-order valence-electron chi connectivity index (χ1n) is 9.56. The van der Waals surface area contributed by atoms with E-state index in [1.807, 2.05) is 36.4 Å². The molecular weight excluding hydrogens is 368 g/mol. The van der Waals surface area contributed by atoms with Crippen molar-refractivity contribution in [3.63, 3.8) is 0 Å². The quantitative estimate of drug-likeness (QED) is 0.725. The third kappa shape index (κ3) is 4.45. The lowest BCUT2D eigenvalue weighted by molar-refractivity contribution is 0.0518. The predicted molar refractivity (Wildman–Crippen MR) is 109 cm³/mol. The number of hydrogen-bond donors (Lipinski definition) is 1. The number of amides is 2. The van der Waals surface area contributed by atoms with Gasteiger partial charge in [-0.15, -0.1) is 0 Å². The molecule has 0 saturated carbocycles. The summed E-state index contributed by atoms with van der Waals surface area (Å²) in [5.74, 6) is 0.835. The van der Waals surface area contributed by atoms with Crippen LogP contribution in [0.3, 0.4) is 0 Å². The lowest BCUT2D eigenvalue weighted by Gasteiger charge is -2.34. The van der Waals surface area contributed by atoms with Gasteiger partial charge in [0.15, 0.2) is 5.76 Å². The Hall–Kier alpha value is -3.61. The second-order valence-corrected chi connectivity index (χ2v) is 6.83. The van der Waals surface area contributed by atoms with Crippen LogP contribution in [0.5, 0.6) is 0 Å². The van der Waals surface area contributed by atoms with Gasteiger partial charge in [-0.2, -0.15) is 0 Å². The molecule has 2 amide bonds. The van der Waals surface area contributed by atoms with Crippen LogP contribution in [-0.2, 0) is 6.54 Å². The lowest BCUT2D eigenvalue weighted by atomic mass is 10.2. The van der Waals surface area contributed by atoms with Crippen molar-refractivity contribution in [1.29, 1.82) is 0 Å². The highest BCUT2D eigenvalue weighted by Crippen LogP contribution is 2.13. The van der Waals surface area contributed by atoms with Gasteiger partial charge in [-0.05, 0) is 29.8 Å². The van der Waals surface area contributed by atoms with Crippen LogP contribution in [0, 0.1) is 0 Å². The van der Waals surface area contributed by atoms with Crippen LogP contribution in [0.15, 0.2) is 71.5 Å². The molecule has 1 aliphatic rings. The van der Waals surface area contributed by atoms with Crippen molar-refractivity contribution in [2.45, 2.75) is 6.54 Å². The van der Waals surface area contributed by atoms with Gasteiger partial charge in [0, 0.05) is 38.9 Å². The van der Waals surface area contributed by atoms with Crippen LogP contribution < -0.4 is 5.32 Å². The molecule has 0 spiro atoms. The average molecular weight is 390 g/mol. The molecular formula is C22H22N4O3. The largest absolute Gasteiger partial charge is 0.459 e. The number of benzene rings is 1. The molecule has 148 valence electrons. The van der Waals surface area contributed by atoms with Crippen LogP contribution >= 0.6 is 0 Å². The second-order valence-electron chi connectivity index (χ2n) is 6.83. The van der Waals surface area contributed by atoms with E-state index in [9.17, 15) is 9.59 Å². The minimum atomic E-state index is -0.141. The summed E-state index contributed by atoms with van der Waals surface area (Å²) >= 11 is 0. The normalized spacial score (nSPS) is 13.9. The Morgan fingerprint density at radius 2 is 1.62 bits per heavy atom. The first kappa shape index (κ1) is 18.7. The molecule has 7 nitrogen and oxygen atoms in total. The summed E-state index contributed by atoms with van der Waals surface area (Å²) in [5.41, 5.74) is 1.71. The number of carbonyl (C=O) groups is 2. The van der Waals surface area contributed by atoms with Crippen LogP contribution in [0.25, 0.3) is 0 Å². The topological polar surface area (TPSA) is 78.7 Å². The van der Waals surface area contributed by atoms with Gasteiger partial charge in [0.1, 0.15) is 5.82 Å². The van der Waals surface area contributed by atoms with E-state index in [1.54, 1.807) is 34.2 Å². The van der Waals surface area contributed by atoms with Crippen molar-refractivity contribution in [3.05, 3.63) is 83.9 Å². The molecule has 7 heteroatoms. The van der Waals surface area contributed by atoms with E-state index in [2.05, 4.69) is 10.3 Å². The number of furan rings is 1. The number of aromatic nitrogens is 1. The summed E-state index contributed by atoms with van der Waals surface area (Å²) in [6, 6.07) is 17.0. The zero-order valence-electron chi connectivity index (χ0n) is 16.0. The van der Waals surface area contributed by atoms with E-state index in [0.29, 0.717) is 44.0 Å². The Morgan fingerprint density at radius 3 is 2.24 bits per heavy atom. The maximum atomic E-state index is 12.7.